The van der Waals surface area contributed by atoms with E-state index in [0.717, 1.165) is 13.1 Å². The van der Waals surface area contributed by atoms with Gasteiger partial charge in [-0.3, -0.25) is 19.3 Å². The maximum atomic E-state index is 14.1. The molecule has 1 spiro atoms. The van der Waals surface area contributed by atoms with Crippen molar-refractivity contribution >= 4 is 17.8 Å². The van der Waals surface area contributed by atoms with Crippen molar-refractivity contribution in [3.05, 3.63) is 25.3 Å². The highest BCUT2D eigenvalue weighted by Crippen LogP contribution is 2.58. The fourth-order valence-corrected chi connectivity index (χ4v) is 6.13. The molecule has 5 atom stereocenters. The van der Waals surface area contributed by atoms with Gasteiger partial charge in [-0.15, -0.1) is 6.58 Å². The first kappa shape index (κ1) is 25.8. The number of aliphatic hydroxyl groups excluding tert-OH is 1. The van der Waals surface area contributed by atoms with E-state index in [-0.39, 0.29) is 31.6 Å². The molecule has 0 saturated carbocycles. The number of carbonyl (C=O) groups excluding carboxylic acids is 3. The number of esters is 1. The summed E-state index contributed by atoms with van der Waals surface area (Å²) in [7, 11) is 0. The molecule has 4 aliphatic rings. The molecule has 2 bridgehead atoms. The van der Waals surface area contributed by atoms with Gasteiger partial charge >= 0.3 is 5.97 Å². The highest BCUT2D eigenvalue weighted by atomic mass is 16.6. The quantitative estimate of drug-likeness (QED) is 0.296. The molecule has 4 saturated heterocycles. The van der Waals surface area contributed by atoms with E-state index in [1.807, 2.05) is 0 Å². The predicted molar refractivity (Wildman–Crippen MR) is 126 cm³/mol. The van der Waals surface area contributed by atoms with Gasteiger partial charge < -0.3 is 29.1 Å². The lowest BCUT2D eigenvalue weighted by Gasteiger charge is -2.37. The van der Waals surface area contributed by atoms with Gasteiger partial charge in [0.2, 0.25) is 11.8 Å². The number of rotatable bonds is 12. The Morgan fingerprint density at radius 1 is 1.23 bits per heavy atom. The fourth-order valence-electron chi connectivity index (χ4n) is 6.13. The summed E-state index contributed by atoms with van der Waals surface area (Å²) in [4.78, 5) is 46.2. The van der Waals surface area contributed by atoms with Gasteiger partial charge in [-0.2, -0.15) is 0 Å². The van der Waals surface area contributed by atoms with E-state index in [1.165, 1.54) is 11.0 Å². The number of carbonyl (C=O) groups is 3. The molecule has 0 aliphatic carbocycles. The van der Waals surface area contributed by atoms with Crippen molar-refractivity contribution in [3.8, 4) is 0 Å². The van der Waals surface area contributed by atoms with E-state index >= 15 is 0 Å². The number of hydrogen-bond donors (Lipinski definition) is 1. The Labute approximate surface area is 206 Å². The lowest BCUT2D eigenvalue weighted by atomic mass is 9.70. The van der Waals surface area contributed by atoms with Crippen LogP contribution in [-0.2, 0) is 28.6 Å². The normalized spacial score (nSPS) is 31.9. The Morgan fingerprint density at radius 2 is 2.00 bits per heavy atom. The maximum absolute atomic E-state index is 14.1. The van der Waals surface area contributed by atoms with Gasteiger partial charge in [-0.1, -0.05) is 18.7 Å². The van der Waals surface area contributed by atoms with Crippen molar-refractivity contribution in [1.82, 2.24) is 14.7 Å². The Bertz CT molecular complexity index is 830. The van der Waals surface area contributed by atoms with Gasteiger partial charge in [-0.25, -0.2) is 0 Å². The summed E-state index contributed by atoms with van der Waals surface area (Å²) in [5, 5.41) is 9.45. The van der Waals surface area contributed by atoms with Crippen molar-refractivity contribution < 1.29 is 33.7 Å². The minimum Gasteiger partial charge on any atom is -0.461 e. The molecule has 4 fully saturated rings. The van der Waals surface area contributed by atoms with Crippen LogP contribution in [0.4, 0.5) is 0 Å². The van der Waals surface area contributed by atoms with Crippen molar-refractivity contribution in [2.45, 2.75) is 37.0 Å². The zero-order valence-corrected chi connectivity index (χ0v) is 20.3. The third kappa shape index (κ3) is 4.76. The van der Waals surface area contributed by atoms with E-state index in [9.17, 15) is 19.5 Å². The molecule has 10 nitrogen and oxygen atoms in total. The molecular formula is C25H37N3O7. The second-order valence-corrected chi connectivity index (χ2v) is 9.61. The third-order valence-electron chi connectivity index (χ3n) is 7.66. The SMILES string of the molecule is C=CCOC(=O)[C@@H]1[C@@H]2CCC3(O2)C(C(=O)N(CC=C)CCN2CCOCC2)N(CCCO)C(=O)[C@H]13. The Balaban J connectivity index is 1.59. The molecule has 4 heterocycles. The molecule has 10 heteroatoms. The Hall–Kier alpha value is -2.27. The van der Waals surface area contributed by atoms with E-state index in [2.05, 4.69) is 18.1 Å². The van der Waals surface area contributed by atoms with Crippen molar-refractivity contribution in [2.75, 3.05) is 65.7 Å². The largest absolute Gasteiger partial charge is 0.461 e. The lowest BCUT2D eigenvalue weighted by Crippen LogP contribution is -2.57. The van der Waals surface area contributed by atoms with Gasteiger partial charge in [0.05, 0.1) is 31.2 Å². The van der Waals surface area contributed by atoms with Crippen LogP contribution in [0.15, 0.2) is 25.3 Å². The van der Waals surface area contributed by atoms with E-state index < -0.39 is 35.6 Å². The number of aliphatic hydroxyl groups is 1. The number of likely N-dealkylation sites (tertiary alicyclic amines) is 1. The molecule has 4 rings (SSSR count). The number of nitrogens with zero attached hydrogens (tertiary/aromatic N) is 3. The number of ether oxygens (including phenoxy) is 3. The number of hydrogen-bond acceptors (Lipinski definition) is 8. The van der Waals surface area contributed by atoms with Crippen LogP contribution >= 0.6 is 0 Å². The van der Waals surface area contributed by atoms with Crippen LogP contribution in [-0.4, -0.2) is 121 Å². The van der Waals surface area contributed by atoms with E-state index in [0.29, 0.717) is 52.1 Å². The van der Waals surface area contributed by atoms with Crippen LogP contribution in [0.25, 0.3) is 0 Å². The van der Waals surface area contributed by atoms with Gasteiger partial charge in [0.15, 0.2) is 0 Å². The van der Waals surface area contributed by atoms with Crippen molar-refractivity contribution in [3.63, 3.8) is 0 Å². The molecule has 2 unspecified atom stereocenters. The minimum absolute atomic E-state index is 0.0567. The first-order valence-electron chi connectivity index (χ1n) is 12.5. The second kappa shape index (κ2) is 11.2. The molecule has 0 aromatic rings. The maximum Gasteiger partial charge on any atom is 0.312 e. The summed E-state index contributed by atoms with van der Waals surface area (Å²) < 4.78 is 17.1. The van der Waals surface area contributed by atoms with Crippen molar-refractivity contribution in [2.24, 2.45) is 11.8 Å². The topological polar surface area (TPSA) is 109 Å². The zero-order chi connectivity index (χ0) is 25.0. The number of morpholine rings is 1. The Kier molecular flexibility index (Phi) is 8.26. The molecule has 4 aliphatic heterocycles. The average Bonchev–Trinajstić information content (AvgIpc) is 3.51. The summed E-state index contributed by atoms with van der Waals surface area (Å²) in [5.74, 6) is -2.47. The fraction of sp³-hybridized carbons (Fsp3) is 0.720. The predicted octanol–water partition coefficient (Wildman–Crippen LogP) is -0.181. The summed E-state index contributed by atoms with van der Waals surface area (Å²) in [6, 6.07) is -0.849. The third-order valence-corrected chi connectivity index (χ3v) is 7.66. The van der Waals surface area contributed by atoms with Crippen LogP contribution < -0.4 is 0 Å². The molecular weight excluding hydrogens is 454 g/mol. The highest BCUT2D eigenvalue weighted by molar-refractivity contribution is 5.98. The van der Waals surface area contributed by atoms with Crippen LogP contribution in [0, 0.1) is 11.8 Å². The standard InChI is InChI=1S/C25H37N3O7/c1-3-8-27(11-10-26-12-16-33-17-13-26)23(31)21-25-7-6-18(35-25)19(24(32)34-15-4-2)20(25)22(30)28(21)9-5-14-29/h3-4,18-21,29H,1-2,5-17H2/t18-,19+,20-,21?,25?/m0/s1. The van der Waals surface area contributed by atoms with Gasteiger partial charge in [-0.05, 0) is 19.3 Å². The molecule has 194 valence electrons. The average molecular weight is 492 g/mol. The highest BCUT2D eigenvalue weighted by Gasteiger charge is 2.75. The minimum atomic E-state index is -1.06. The lowest BCUT2D eigenvalue weighted by molar-refractivity contribution is -0.154. The van der Waals surface area contributed by atoms with E-state index in [4.69, 9.17) is 14.2 Å². The number of amides is 2. The van der Waals surface area contributed by atoms with E-state index in [1.54, 1.807) is 11.0 Å². The summed E-state index contributed by atoms with van der Waals surface area (Å²) in [6.07, 6.45) is 4.17. The van der Waals surface area contributed by atoms with Gasteiger partial charge in [0, 0.05) is 45.9 Å². The molecule has 35 heavy (non-hydrogen) atoms. The summed E-state index contributed by atoms with van der Waals surface area (Å²) in [5.41, 5.74) is -1.06. The molecule has 0 aromatic heterocycles. The summed E-state index contributed by atoms with van der Waals surface area (Å²) >= 11 is 0. The zero-order valence-electron chi connectivity index (χ0n) is 20.3. The van der Waals surface area contributed by atoms with Gasteiger partial charge in [0.25, 0.3) is 0 Å². The van der Waals surface area contributed by atoms with Crippen LogP contribution in [0.3, 0.4) is 0 Å². The molecule has 0 aromatic carbocycles. The monoisotopic (exact) mass is 491 g/mol. The molecule has 2 amide bonds. The number of fused-ring (bicyclic) bond motifs is 1. The van der Waals surface area contributed by atoms with Crippen LogP contribution in [0.2, 0.25) is 0 Å². The summed E-state index contributed by atoms with van der Waals surface area (Å²) in [6.45, 7) is 12.1. The Morgan fingerprint density at radius 3 is 2.69 bits per heavy atom. The molecule has 1 N–H and O–H groups in total. The van der Waals surface area contributed by atoms with Gasteiger partial charge in [0.1, 0.15) is 18.2 Å². The second-order valence-electron chi connectivity index (χ2n) is 9.61. The first-order valence-corrected chi connectivity index (χ1v) is 12.5. The molecule has 0 radical (unpaired) electrons. The van der Waals surface area contributed by atoms with Crippen LogP contribution in [0.1, 0.15) is 19.3 Å². The van der Waals surface area contributed by atoms with Crippen LogP contribution in [0.5, 0.6) is 0 Å². The smallest absolute Gasteiger partial charge is 0.312 e. The van der Waals surface area contributed by atoms with Crippen molar-refractivity contribution in [1.29, 1.82) is 0 Å². The first-order chi connectivity index (χ1) is 17.0.